The topological polar surface area (TPSA) is 137 Å². The highest BCUT2D eigenvalue weighted by molar-refractivity contribution is 6.03. The Bertz CT molecular complexity index is 1400. The molecule has 2 aliphatic rings. The standard InChI is InChI=1S/C31H31F2NO8/c1-16-2-4-18(5-3-16)24-22(29(38)34(24)21-12-10-20(33)11-13-21)14-15-23(17-6-8-19(32)9-7-17)41-31-27(37)25(35)26(36)28(42-31)30(39)40/h2-13,22-28,31,35-37H,14-15H2,1H3,(H,39,40). The lowest BCUT2D eigenvalue weighted by molar-refractivity contribution is -0.306. The van der Waals surface area contributed by atoms with Crippen molar-refractivity contribution >= 4 is 17.6 Å². The predicted molar refractivity (Wildman–Crippen MR) is 145 cm³/mol. The van der Waals surface area contributed by atoms with Gasteiger partial charge in [-0.05, 0) is 67.3 Å². The average molecular weight is 584 g/mol. The van der Waals surface area contributed by atoms with E-state index in [1.165, 1.54) is 48.5 Å². The molecule has 8 unspecified atom stereocenters. The number of aliphatic hydroxyl groups is 3. The third-order valence-electron chi connectivity index (χ3n) is 7.83. The highest BCUT2D eigenvalue weighted by Gasteiger charge is 2.50. The van der Waals surface area contributed by atoms with E-state index in [0.29, 0.717) is 11.3 Å². The smallest absolute Gasteiger partial charge is 0.335 e. The summed E-state index contributed by atoms with van der Waals surface area (Å²) in [6, 6.07) is 18.3. The number of carbonyl (C=O) groups is 2. The van der Waals surface area contributed by atoms with Crippen molar-refractivity contribution in [2.75, 3.05) is 4.90 Å². The van der Waals surface area contributed by atoms with Gasteiger partial charge >= 0.3 is 5.97 Å². The van der Waals surface area contributed by atoms with Gasteiger partial charge in [0.1, 0.15) is 29.9 Å². The van der Waals surface area contributed by atoms with Gasteiger partial charge in [-0.2, -0.15) is 0 Å². The summed E-state index contributed by atoms with van der Waals surface area (Å²) in [5.41, 5.74) is 2.92. The Morgan fingerprint density at radius 3 is 2.10 bits per heavy atom. The Balaban J connectivity index is 1.40. The zero-order valence-corrected chi connectivity index (χ0v) is 22.6. The number of rotatable bonds is 9. The first-order valence-electron chi connectivity index (χ1n) is 13.5. The number of carbonyl (C=O) groups excluding carboxylic acids is 1. The monoisotopic (exact) mass is 583 g/mol. The molecule has 11 heteroatoms. The Hall–Kier alpha value is -3.74. The number of nitrogens with zero attached hydrogens (tertiary/aromatic N) is 1. The lowest BCUT2D eigenvalue weighted by Crippen LogP contribution is -2.60. The van der Waals surface area contributed by atoms with Crippen LogP contribution in [-0.2, 0) is 19.1 Å². The van der Waals surface area contributed by atoms with E-state index in [1.807, 2.05) is 31.2 Å². The van der Waals surface area contributed by atoms with Crippen molar-refractivity contribution in [2.45, 2.75) is 62.6 Å². The van der Waals surface area contributed by atoms with Gasteiger partial charge in [0.25, 0.3) is 0 Å². The molecule has 1 amide bonds. The molecule has 5 rings (SSSR count). The van der Waals surface area contributed by atoms with Gasteiger partial charge in [-0.15, -0.1) is 0 Å². The molecule has 0 bridgehead atoms. The van der Waals surface area contributed by atoms with E-state index in [1.54, 1.807) is 4.90 Å². The molecule has 0 aromatic heterocycles. The lowest BCUT2D eigenvalue weighted by Gasteiger charge is -2.48. The summed E-state index contributed by atoms with van der Waals surface area (Å²) in [4.78, 5) is 26.7. The summed E-state index contributed by atoms with van der Waals surface area (Å²) >= 11 is 0. The zero-order valence-electron chi connectivity index (χ0n) is 22.6. The zero-order chi connectivity index (χ0) is 30.1. The average Bonchev–Trinajstić information content (AvgIpc) is 2.97. The second kappa shape index (κ2) is 12.2. The number of β-lactam (4-membered cyclic amide) rings is 1. The number of carboxylic acid groups (broad SMARTS) is 1. The molecule has 0 spiro atoms. The van der Waals surface area contributed by atoms with Gasteiger partial charge < -0.3 is 34.8 Å². The van der Waals surface area contributed by atoms with Crippen LogP contribution >= 0.6 is 0 Å². The molecule has 3 aromatic carbocycles. The van der Waals surface area contributed by atoms with E-state index in [0.717, 1.165) is 11.1 Å². The molecule has 0 radical (unpaired) electrons. The number of carboxylic acids is 1. The summed E-state index contributed by atoms with van der Waals surface area (Å²) in [5.74, 6) is -3.18. The third kappa shape index (κ3) is 5.92. The second-order valence-corrected chi connectivity index (χ2v) is 10.6. The number of amides is 1. The van der Waals surface area contributed by atoms with E-state index < -0.39 is 60.3 Å². The van der Waals surface area contributed by atoms with Crippen LogP contribution in [0.15, 0.2) is 72.8 Å². The first kappa shape index (κ1) is 29.7. The van der Waals surface area contributed by atoms with Crippen molar-refractivity contribution < 1.29 is 48.3 Å². The van der Waals surface area contributed by atoms with Gasteiger partial charge in [-0.25, -0.2) is 13.6 Å². The number of ether oxygens (including phenoxy) is 2. The molecule has 0 aliphatic carbocycles. The van der Waals surface area contributed by atoms with E-state index in [4.69, 9.17) is 9.47 Å². The highest BCUT2D eigenvalue weighted by atomic mass is 19.1. The van der Waals surface area contributed by atoms with Gasteiger partial charge in [-0.1, -0.05) is 42.0 Å². The van der Waals surface area contributed by atoms with Crippen LogP contribution in [0.25, 0.3) is 0 Å². The molecule has 42 heavy (non-hydrogen) atoms. The van der Waals surface area contributed by atoms with Crippen LogP contribution < -0.4 is 4.90 Å². The highest BCUT2D eigenvalue weighted by Crippen LogP contribution is 2.47. The lowest BCUT2D eigenvalue weighted by atomic mass is 9.78. The first-order chi connectivity index (χ1) is 20.0. The summed E-state index contributed by atoms with van der Waals surface area (Å²) < 4.78 is 38.6. The minimum atomic E-state index is -1.89. The Kier molecular flexibility index (Phi) is 8.67. The Morgan fingerprint density at radius 2 is 1.50 bits per heavy atom. The van der Waals surface area contributed by atoms with Crippen LogP contribution in [-0.4, -0.2) is 63.0 Å². The maximum Gasteiger partial charge on any atom is 0.335 e. The number of hydrogen-bond donors (Lipinski definition) is 4. The van der Waals surface area contributed by atoms with Gasteiger partial charge in [0.2, 0.25) is 5.91 Å². The van der Waals surface area contributed by atoms with Crippen LogP contribution in [0.3, 0.4) is 0 Å². The number of hydrogen-bond acceptors (Lipinski definition) is 7. The molecule has 8 atom stereocenters. The van der Waals surface area contributed by atoms with Crippen molar-refractivity contribution in [2.24, 2.45) is 5.92 Å². The molecule has 2 saturated heterocycles. The van der Waals surface area contributed by atoms with Crippen molar-refractivity contribution in [1.29, 1.82) is 0 Å². The van der Waals surface area contributed by atoms with Crippen LogP contribution in [0.2, 0.25) is 0 Å². The molecule has 2 heterocycles. The van der Waals surface area contributed by atoms with Gasteiger partial charge in [-0.3, -0.25) is 4.79 Å². The first-order valence-corrected chi connectivity index (χ1v) is 13.5. The number of anilines is 1. The van der Waals surface area contributed by atoms with Crippen LogP contribution in [0.1, 0.15) is 41.7 Å². The quantitative estimate of drug-likeness (QED) is 0.282. The fraction of sp³-hybridized carbons (Fsp3) is 0.355. The second-order valence-electron chi connectivity index (χ2n) is 10.6. The Morgan fingerprint density at radius 1 is 0.905 bits per heavy atom. The molecular formula is C31H31F2NO8. The van der Waals surface area contributed by atoms with Gasteiger partial charge in [0, 0.05) is 5.69 Å². The summed E-state index contributed by atoms with van der Waals surface area (Å²) in [5, 5.41) is 40.2. The Labute approximate surface area is 240 Å². The maximum atomic E-state index is 13.7. The van der Waals surface area contributed by atoms with E-state index in [-0.39, 0.29) is 24.8 Å². The summed E-state index contributed by atoms with van der Waals surface area (Å²) in [7, 11) is 0. The molecule has 9 nitrogen and oxygen atoms in total. The number of halogens is 2. The van der Waals surface area contributed by atoms with Crippen LogP contribution in [0, 0.1) is 24.5 Å². The molecule has 0 saturated carbocycles. The largest absolute Gasteiger partial charge is 0.479 e. The van der Waals surface area contributed by atoms with Gasteiger partial charge in [0.15, 0.2) is 12.4 Å². The number of aryl methyl sites for hydroxylation is 1. The summed E-state index contributed by atoms with van der Waals surface area (Å²) in [6.07, 6.45) is -9.49. The van der Waals surface area contributed by atoms with Crippen molar-refractivity contribution in [1.82, 2.24) is 0 Å². The SMILES string of the molecule is Cc1ccc(C2C(CCC(OC3OC(C(=O)O)C(O)C(O)C3O)c3ccc(F)cc3)C(=O)N2c2ccc(F)cc2)cc1. The summed E-state index contributed by atoms with van der Waals surface area (Å²) in [6.45, 7) is 1.95. The molecule has 2 fully saturated rings. The van der Waals surface area contributed by atoms with Crippen LogP contribution in [0.4, 0.5) is 14.5 Å². The number of benzene rings is 3. The molecule has 2 aliphatic heterocycles. The minimum Gasteiger partial charge on any atom is -0.479 e. The van der Waals surface area contributed by atoms with Crippen molar-refractivity contribution in [3.05, 3.63) is 101 Å². The molecule has 3 aromatic rings. The number of aliphatic hydroxyl groups excluding tert-OH is 3. The van der Waals surface area contributed by atoms with Crippen LogP contribution in [0.5, 0.6) is 0 Å². The van der Waals surface area contributed by atoms with E-state index in [2.05, 4.69) is 0 Å². The minimum absolute atomic E-state index is 0.171. The maximum absolute atomic E-state index is 13.7. The molecular weight excluding hydrogens is 552 g/mol. The van der Waals surface area contributed by atoms with Crippen molar-refractivity contribution in [3.63, 3.8) is 0 Å². The fourth-order valence-electron chi connectivity index (χ4n) is 5.51. The fourth-order valence-corrected chi connectivity index (χ4v) is 5.51. The normalized spacial score (nSPS) is 28.3. The molecule has 4 N–H and O–H groups in total. The third-order valence-corrected chi connectivity index (χ3v) is 7.83. The van der Waals surface area contributed by atoms with Crippen molar-refractivity contribution in [3.8, 4) is 0 Å². The number of aliphatic carboxylic acids is 1. The van der Waals surface area contributed by atoms with E-state index >= 15 is 0 Å². The van der Waals surface area contributed by atoms with Gasteiger partial charge in [0.05, 0.1) is 18.1 Å². The van der Waals surface area contributed by atoms with E-state index in [9.17, 15) is 38.8 Å². The predicted octanol–water partition coefficient (Wildman–Crippen LogP) is 3.41. The molecule has 222 valence electrons.